The van der Waals surface area contributed by atoms with Crippen LogP contribution in [0.4, 0.5) is 0 Å². The Hall–Kier alpha value is -1.75. The first kappa shape index (κ1) is 9.47. The van der Waals surface area contributed by atoms with Gasteiger partial charge in [0.1, 0.15) is 0 Å². The molecule has 0 amide bonds. The maximum Gasteiger partial charge on any atom is 0.216 e. The van der Waals surface area contributed by atoms with Crippen LogP contribution >= 0.6 is 12.2 Å². The van der Waals surface area contributed by atoms with Gasteiger partial charge in [0, 0.05) is 6.42 Å². The molecule has 0 spiro atoms. The highest BCUT2D eigenvalue weighted by Crippen LogP contribution is 2.14. The third-order valence-corrected chi connectivity index (χ3v) is 2.89. The Bertz CT molecular complexity index is 594. The number of nitrogens with one attached hydrogen (secondary N) is 1. The van der Waals surface area contributed by atoms with Gasteiger partial charge in [-0.1, -0.05) is 30.3 Å². The van der Waals surface area contributed by atoms with E-state index in [1.54, 1.807) is 4.68 Å². The van der Waals surface area contributed by atoms with Gasteiger partial charge in [-0.3, -0.25) is 5.10 Å². The van der Waals surface area contributed by atoms with E-state index in [1.165, 1.54) is 0 Å². The first-order chi connectivity index (χ1) is 7.84. The zero-order valence-corrected chi connectivity index (χ0v) is 9.37. The Labute approximate surface area is 97.6 Å². The lowest BCUT2D eigenvalue weighted by Crippen LogP contribution is -2.14. The SMILES string of the molecule is S=c1[nH]nc2n1N=C(c1ccccc1)CC2. The number of aromatic nitrogens is 3. The zero-order valence-electron chi connectivity index (χ0n) is 8.55. The fraction of sp³-hybridized carbons (Fsp3) is 0.182. The van der Waals surface area contributed by atoms with Crippen molar-refractivity contribution in [3.8, 4) is 0 Å². The number of H-pyrrole nitrogens is 1. The van der Waals surface area contributed by atoms with Crippen LogP contribution < -0.4 is 0 Å². The molecule has 16 heavy (non-hydrogen) atoms. The van der Waals surface area contributed by atoms with Gasteiger partial charge in [-0.25, -0.2) is 0 Å². The molecule has 2 heterocycles. The number of fused-ring (bicyclic) bond motifs is 1. The van der Waals surface area contributed by atoms with Crippen LogP contribution in [-0.2, 0) is 6.42 Å². The quantitative estimate of drug-likeness (QED) is 0.763. The molecule has 1 N–H and O–H groups in total. The van der Waals surface area contributed by atoms with Crippen molar-refractivity contribution in [1.29, 1.82) is 0 Å². The maximum atomic E-state index is 5.11. The molecule has 2 aromatic rings. The number of rotatable bonds is 1. The first-order valence-electron chi connectivity index (χ1n) is 5.14. The predicted molar refractivity (Wildman–Crippen MR) is 64.1 cm³/mol. The lowest BCUT2D eigenvalue weighted by Gasteiger charge is -2.12. The van der Waals surface area contributed by atoms with Crippen molar-refractivity contribution in [2.45, 2.75) is 12.8 Å². The Morgan fingerprint density at radius 1 is 1.19 bits per heavy atom. The fourth-order valence-corrected chi connectivity index (χ4v) is 2.01. The van der Waals surface area contributed by atoms with E-state index in [4.69, 9.17) is 12.2 Å². The average molecular weight is 230 g/mol. The topological polar surface area (TPSA) is 46.0 Å². The Morgan fingerprint density at radius 2 is 2.00 bits per heavy atom. The van der Waals surface area contributed by atoms with Crippen molar-refractivity contribution in [3.63, 3.8) is 0 Å². The summed E-state index contributed by atoms with van der Waals surface area (Å²) < 4.78 is 2.27. The molecule has 0 radical (unpaired) electrons. The van der Waals surface area contributed by atoms with E-state index >= 15 is 0 Å². The molecule has 3 rings (SSSR count). The molecule has 1 aromatic heterocycles. The van der Waals surface area contributed by atoms with E-state index in [-0.39, 0.29) is 0 Å². The number of nitrogens with zero attached hydrogens (tertiary/aromatic N) is 3. The summed E-state index contributed by atoms with van der Waals surface area (Å²) in [6.07, 6.45) is 1.78. The lowest BCUT2D eigenvalue weighted by molar-refractivity contribution is 0.725. The molecule has 1 aliphatic rings. The second-order valence-corrected chi connectivity index (χ2v) is 4.06. The monoisotopic (exact) mass is 230 g/mol. The largest absolute Gasteiger partial charge is 0.250 e. The zero-order chi connectivity index (χ0) is 11.0. The Morgan fingerprint density at radius 3 is 2.81 bits per heavy atom. The van der Waals surface area contributed by atoms with Gasteiger partial charge in [0.05, 0.1) is 5.71 Å². The summed E-state index contributed by atoms with van der Waals surface area (Å²) in [6.45, 7) is 0. The van der Waals surface area contributed by atoms with E-state index in [0.29, 0.717) is 4.77 Å². The molecule has 80 valence electrons. The minimum Gasteiger partial charge on any atom is -0.250 e. The summed E-state index contributed by atoms with van der Waals surface area (Å²) >= 11 is 5.11. The number of aromatic amines is 1. The van der Waals surface area contributed by atoms with Crippen molar-refractivity contribution >= 4 is 17.9 Å². The minimum atomic E-state index is 0.558. The van der Waals surface area contributed by atoms with Gasteiger partial charge in [-0.15, -0.1) is 0 Å². The molecule has 0 fully saturated rings. The van der Waals surface area contributed by atoms with Crippen LogP contribution in [0.2, 0.25) is 0 Å². The maximum absolute atomic E-state index is 5.11. The Kier molecular flexibility index (Phi) is 2.18. The molecule has 1 aromatic carbocycles. The van der Waals surface area contributed by atoms with Gasteiger partial charge in [0.25, 0.3) is 0 Å². The molecule has 0 saturated heterocycles. The van der Waals surface area contributed by atoms with Crippen LogP contribution in [0.1, 0.15) is 17.8 Å². The van der Waals surface area contributed by atoms with Gasteiger partial charge in [-0.05, 0) is 24.2 Å². The van der Waals surface area contributed by atoms with E-state index < -0.39 is 0 Å². The molecule has 0 bridgehead atoms. The summed E-state index contributed by atoms with van der Waals surface area (Å²) in [5, 5.41) is 11.4. The van der Waals surface area contributed by atoms with E-state index in [2.05, 4.69) is 27.4 Å². The van der Waals surface area contributed by atoms with Gasteiger partial charge in [0.15, 0.2) is 5.82 Å². The van der Waals surface area contributed by atoms with Crippen molar-refractivity contribution in [1.82, 2.24) is 14.9 Å². The van der Waals surface area contributed by atoms with Crippen molar-refractivity contribution in [2.75, 3.05) is 0 Å². The molecule has 0 atom stereocenters. The number of benzene rings is 1. The van der Waals surface area contributed by atoms with Crippen molar-refractivity contribution in [3.05, 3.63) is 46.5 Å². The summed E-state index contributed by atoms with van der Waals surface area (Å²) in [7, 11) is 0. The highest BCUT2D eigenvalue weighted by atomic mass is 32.1. The molecule has 0 unspecified atom stereocenters. The molecule has 5 heteroatoms. The standard InChI is InChI=1S/C11H10N4S/c16-11-13-12-10-7-6-9(14-15(10)11)8-4-2-1-3-5-8/h1-5H,6-7H2,(H,13,16). The number of aryl methyl sites for hydroxylation is 1. The second-order valence-electron chi connectivity index (χ2n) is 3.67. The van der Waals surface area contributed by atoms with E-state index in [9.17, 15) is 0 Å². The highest BCUT2D eigenvalue weighted by Gasteiger charge is 2.15. The van der Waals surface area contributed by atoms with Crippen LogP contribution in [-0.4, -0.2) is 20.6 Å². The van der Waals surface area contributed by atoms with Gasteiger partial charge in [-0.2, -0.15) is 14.9 Å². The minimum absolute atomic E-state index is 0.558. The van der Waals surface area contributed by atoms with Crippen LogP contribution in [0.25, 0.3) is 0 Å². The summed E-state index contributed by atoms with van der Waals surface area (Å²) in [6, 6.07) is 10.2. The van der Waals surface area contributed by atoms with Gasteiger partial charge < -0.3 is 0 Å². The third kappa shape index (κ3) is 1.49. The number of hydrogen-bond donors (Lipinski definition) is 1. The van der Waals surface area contributed by atoms with Crippen molar-refractivity contribution < 1.29 is 0 Å². The summed E-state index contributed by atoms with van der Waals surface area (Å²) in [5.74, 6) is 0.907. The Balaban J connectivity index is 2.10. The van der Waals surface area contributed by atoms with Crippen LogP contribution in [0.5, 0.6) is 0 Å². The predicted octanol–water partition coefficient (Wildman–Crippen LogP) is 2.14. The van der Waals surface area contributed by atoms with Gasteiger partial charge in [0.2, 0.25) is 4.77 Å². The number of hydrogen-bond acceptors (Lipinski definition) is 3. The van der Waals surface area contributed by atoms with Crippen LogP contribution in [0.15, 0.2) is 35.4 Å². The summed E-state index contributed by atoms with van der Waals surface area (Å²) in [5.41, 5.74) is 2.21. The molecule has 1 aliphatic heterocycles. The average Bonchev–Trinajstić information content (AvgIpc) is 2.72. The van der Waals surface area contributed by atoms with Crippen molar-refractivity contribution in [2.24, 2.45) is 5.10 Å². The second kappa shape index (κ2) is 3.68. The van der Waals surface area contributed by atoms with E-state index in [0.717, 1.165) is 29.9 Å². The molecule has 0 saturated carbocycles. The molecular formula is C11H10N4S. The normalized spacial score (nSPS) is 14.4. The molecular weight excluding hydrogens is 220 g/mol. The smallest absolute Gasteiger partial charge is 0.216 e. The van der Waals surface area contributed by atoms with Crippen LogP contribution in [0.3, 0.4) is 0 Å². The molecule has 0 aliphatic carbocycles. The molecule has 4 nitrogen and oxygen atoms in total. The summed E-state index contributed by atoms with van der Waals surface area (Å²) in [4.78, 5) is 0. The van der Waals surface area contributed by atoms with E-state index in [1.807, 2.05) is 18.2 Å². The first-order valence-corrected chi connectivity index (χ1v) is 5.55. The van der Waals surface area contributed by atoms with Crippen LogP contribution in [0, 0.1) is 4.77 Å². The van der Waals surface area contributed by atoms with Gasteiger partial charge >= 0.3 is 0 Å². The fourth-order valence-electron chi connectivity index (χ4n) is 1.82. The third-order valence-electron chi connectivity index (χ3n) is 2.63. The lowest BCUT2D eigenvalue weighted by atomic mass is 10.1. The highest BCUT2D eigenvalue weighted by molar-refractivity contribution is 7.71.